The molecule has 0 aliphatic heterocycles. The molecule has 0 aliphatic rings. The number of hydrogen-bond donors (Lipinski definition) is 1. The molecule has 0 bridgehead atoms. The van der Waals surface area contributed by atoms with Crippen molar-refractivity contribution in [2.24, 2.45) is 0 Å². The highest BCUT2D eigenvalue weighted by molar-refractivity contribution is 9.10. The largest absolute Gasteiger partial charge is 0.392 e. The van der Waals surface area contributed by atoms with E-state index in [1.54, 1.807) is 18.2 Å². The van der Waals surface area contributed by atoms with Crippen LogP contribution in [-0.4, -0.2) is 19.8 Å². The van der Waals surface area contributed by atoms with Gasteiger partial charge in [0.25, 0.3) is 0 Å². The van der Waals surface area contributed by atoms with Gasteiger partial charge in [0.2, 0.25) is 0 Å². The first-order valence-corrected chi connectivity index (χ1v) is 6.23. The first-order chi connectivity index (χ1) is 5.96. The third-order valence-electron chi connectivity index (χ3n) is 1.59. The topological polar surface area (TPSA) is 54.4 Å². The lowest BCUT2D eigenvalue weighted by Crippen LogP contribution is -2.03. The molecule has 1 rings (SSSR count). The minimum absolute atomic E-state index is 0.164. The lowest BCUT2D eigenvalue weighted by molar-refractivity contribution is 0.278. The Bertz CT molecular complexity index is 411. The van der Waals surface area contributed by atoms with Gasteiger partial charge in [0.1, 0.15) is 0 Å². The van der Waals surface area contributed by atoms with Gasteiger partial charge in [0.15, 0.2) is 9.84 Å². The van der Waals surface area contributed by atoms with Crippen LogP contribution in [0.2, 0.25) is 0 Å². The Morgan fingerprint density at radius 1 is 1.46 bits per heavy atom. The Kier molecular flexibility index (Phi) is 3.10. The molecule has 0 saturated carbocycles. The summed E-state index contributed by atoms with van der Waals surface area (Å²) in [5, 5.41) is 8.92. The van der Waals surface area contributed by atoms with Crippen molar-refractivity contribution < 1.29 is 13.5 Å². The zero-order chi connectivity index (χ0) is 10.1. The molecular weight excluding hydrogens is 256 g/mol. The van der Waals surface area contributed by atoms with Crippen LogP contribution in [0.1, 0.15) is 5.56 Å². The van der Waals surface area contributed by atoms with Gasteiger partial charge in [-0.1, -0.05) is 12.1 Å². The molecule has 0 amide bonds. The lowest BCUT2D eigenvalue weighted by Gasteiger charge is -2.06. The van der Waals surface area contributed by atoms with Crippen LogP contribution in [0.25, 0.3) is 0 Å². The number of aliphatic hydroxyl groups excluding tert-OH is 1. The Morgan fingerprint density at radius 2 is 2.08 bits per heavy atom. The fraction of sp³-hybridized carbons (Fsp3) is 0.250. The average Bonchev–Trinajstić information content (AvgIpc) is 2.01. The number of hydrogen-bond acceptors (Lipinski definition) is 3. The van der Waals surface area contributed by atoms with E-state index in [9.17, 15) is 8.42 Å². The molecule has 72 valence electrons. The van der Waals surface area contributed by atoms with E-state index >= 15 is 0 Å². The normalized spacial score (nSPS) is 11.6. The highest BCUT2D eigenvalue weighted by atomic mass is 79.9. The molecular formula is C8H9BrO3S. The van der Waals surface area contributed by atoms with Crippen molar-refractivity contribution in [3.05, 3.63) is 28.2 Å². The molecule has 1 aromatic rings. The predicted molar refractivity (Wildman–Crippen MR) is 53.2 cm³/mol. The molecule has 0 aliphatic carbocycles. The summed E-state index contributed by atoms with van der Waals surface area (Å²) in [5.41, 5.74) is 0.414. The summed E-state index contributed by atoms with van der Waals surface area (Å²) in [6.07, 6.45) is 1.12. The van der Waals surface area contributed by atoms with Gasteiger partial charge in [0.05, 0.1) is 11.5 Å². The summed E-state index contributed by atoms with van der Waals surface area (Å²) < 4.78 is 23.1. The fourth-order valence-electron chi connectivity index (χ4n) is 1.09. The van der Waals surface area contributed by atoms with Gasteiger partial charge in [-0.15, -0.1) is 0 Å². The summed E-state index contributed by atoms with van der Waals surface area (Å²) in [5.74, 6) is 0. The molecule has 3 nitrogen and oxygen atoms in total. The van der Waals surface area contributed by atoms with Crippen molar-refractivity contribution in [3.8, 4) is 0 Å². The highest BCUT2D eigenvalue weighted by Gasteiger charge is 2.15. The molecule has 0 fully saturated rings. The lowest BCUT2D eigenvalue weighted by atomic mass is 10.2. The number of sulfone groups is 1. The van der Waals surface area contributed by atoms with Crippen LogP contribution in [0.3, 0.4) is 0 Å². The molecule has 13 heavy (non-hydrogen) atoms. The first kappa shape index (κ1) is 10.7. The third-order valence-corrected chi connectivity index (χ3v) is 3.74. The Balaban J connectivity index is 3.50. The standard InChI is InChI=1S/C8H9BrO3S/c1-13(11,12)8-6(5-10)3-2-4-7(8)9/h2-4,10H,5H2,1H3. The van der Waals surface area contributed by atoms with Crippen molar-refractivity contribution in [2.45, 2.75) is 11.5 Å². The van der Waals surface area contributed by atoms with Gasteiger partial charge in [-0.3, -0.25) is 0 Å². The third kappa shape index (κ3) is 2.30. The fourth-order valence-corrected chi connectivity index (χ4v) is 3.41. The summed E-state index contributed by atoms with van der Waals surface area (Å²) in [6.45, 7) is -0.276. The smallest absolute Gasteiger partial charge is 0.176 e. The Labute approximate surface area is 85.4 Å². The van der Waals surface area contributed by atoms with E-state index in [-0.39, 0.29) is 11.5 Å². The van der Waals surface area contributed by atoms with Gasteiger partial charge in [-0.05, 0) is 27.6 Å². The van der Waals surface area contributed by atoms with Gasteiger partial charge >= 0.3 is 0 Å². The molecule has 1 N–H and O–H groups in total. The molecule has 0 heterocycles. The molecule has 5 heteroatoms. The van der Waals surface area contributed by atoms with Crippen LogP contribution in [-0.2, 0) is 16.4 Å². The number of benzene rings is 1. The van der Waals surface area contributed by atoms with Crippen molar-refractivity contribution in [3.63, 3.8) is 0 Å². The molecule has 0 unspecified atom stereocenters. The van der Waals surface area contributed by atoms with Crippen LogP contribution in [0.5, 0.6) is 0 Å². The van der Waals surface area contributed by atoms with Gasteiger partial charge in [-0.2, -0.15) is 0 Å². The molecule has 0 atom stereocenters. The Hall–Kier alpha value is -0.390. The van der Waals surface area contributed by atoms with Gasteiger partial charge < -0.3 is 5.11 Å². The monoisotopic (exact) mass is 264 g/mol. The summed E-state index contributed by atoms with van der Waals surface area (Å²) in [7, 11) is -3.28. The molecule has 0 radical (unpaired) electrons. The van der Waals surface area contributed by atoms with Crippen LogP contribution in [0, 0.1) is 0 Å². The quantitative estimate of drug-likeness (QED) is 0.878. The van der Waals surface area contributed by atoms with E-state index in [4.69, 9.17) is 5.11 Å². The number of rotatable bonds is 2. The van der Waals surface area contributed by atoms with Gasteiger partial charge in [-0.25, -0.2) is 8.42 Å². The van der Waals surface area contributed by atoms with Crippen LogP contribution < -0.4 is 0 Å². The van der Waals surface area contributed by atoms with E-state index in [1.807, 2.05) is 0 Å². The van der Waals surface area contributed by atoms with E-state index in [2.05, 4.69) is 15.9 Å². The maximum absolute atomic E-state index is 11.3. The van der Waals surface area contributed by atoms with E-state index in [1.165, 1.54) is 0 Å². The van der Waals surface area contributed by atoms with Crippen molar-refractivity contribution in [1.82, 2.24) is 0 Å². The van der Waals surface area contributed by atoms with Gasteiger partial charge in [0, 0.05) is 10.7 Å². The SMILES string of the molecule is CS(=O)(=O)c1c(Br)cccc1CO. The average molecular weight is 265 g/mol. The maximum Gasteiger partial charge on any atom is 0.176 e. The van der Waals surface area contributed by atoms with E-state index in [0.29, 0.717) is 10.0 Å². The zero-order valence-corrected chi connectivity index (χ0v) is 9.39. The molecule has 0 saturated heterocycles. The Morgan fingerprint density at radius 3 is 2.46 bits per heavy atom. The second-order valence-corrected chi connectivity index (χ2v) is 5.47. The number of halogens is 1. The first-order valence-electron chi connectivity index (χ1n) is 3.55. The van der Waals surface area contributed by atoms with Crippen LogP contribution in [0.4, 0.5) is 0 Å². The van der Waals surface area contributed by atoms with Crippen molar-refractivity contribution in [2.75, 3.05) is 6.26 Å². The van der Waals surface area contributed by atoms with Crippen molar-refractivity contribution in [1.29, 1.82) is 0 Å². The summed E-state index contributed by atoms with van der Waals surface area (Å²) in [4.78, 5) is 0.164. The van der Waals surface area contributed by atoms with Crippen molar-refractivity contribution >= 4 is 25.8 Å². The van der Waals surface area contributed by atoms with Crippen LogP contribution in [0.15, 0.2) is 27.6 Å². The molecule has 1 aromatic carbocycles. The van der Waals surface area contributed by atoms with Crippen LogP contribution >= 0.6 is 15.9 Å². The van der Waals surface area contributed by atoms with E-state index < -0.39 is 9.84 Å². The zero-order valence-electron chi connectivity index (χ0n) is 6.99. The maximum atomic E-state index is 11.3. The second-order valence-electron chi connectivity index (χ2n) is 2.66. The minimum atomic E-state index is -3.28. The number of aliphatic hydroxyl groups is 1. The second kappa shape index (κ2) is 3.77. The molecule has 0 aromatic heterocycles. The summed E-state index contributed by atoms with van der Waals surface area (Å²) in [6, 6.07) is 4.90. The van der Waals surface area contributed by atoms with E-state index in [0.717, 1.165) is 6.26 Å². The predicted octanol–water partition coefficient (Wildman–Crippen LogP) is 1.34. The minimum Gasteiger partial charge on any atom is -0.392 e. The highest BCUT2D eigenvalue weighted by Crippen LogP contribution is 2.25. The summed E-state index contributed by atoms with van der Waals surface area (Å²) >= 11 is 3.13. The molecule has 0 spiro atoms.